The van der Waals surface area contributed by atoms with Gasteiger partial charge in [0.15, 0.2) is 0 Å². The van der Waals surface area contributed by atoms with Crippen molar-refractivity contribution in [3.8, 4) is 0 Å². The van der Waals surface area contributed by atoms with E-state index in [0.717, 1.165) is 0 Å². The first-order valence-corrected chi connectivity index (χ1v) is 4.51. The van der Waals surface area contributed by atoms with Gasteiger partial charge in [0.25, 0.3) is 0 Å². The number of carboxylic acids is 1. The maximum atomic E-state index is 10.9. The minimum atomic E-state index is -1.19. The highest BCUT2D eigenvalue weighted by atomic mass is 32.2. The molecule has 0 aromatic heterocycles. The van der Waals surface area contributed by atoms with Crippen LogP contribution < -0.4 is 5.73 Å². The first-order valence-electron chi connectivity index (χ1n) is 3.02. The van der Waals surface area contributed by atoms with Gasteiger partial charge in [0.05, 0.1) is 0 Å². The molecule has 0 fully saturated rings. The van der Waals surface area contributed by atoms with Crippen molar-refractivity contribution in [2.24, 2.45) is 5.73 Å². The Kier molecular flexibility index (Phi) is 4.72. The number of carboxylic acid groups (broad SMARTS) is 1. The lowest BCUT2D eigenvalue weighted by atomic mass is 10.4. The third-order valence-electron chi connectivity index (χ3n) is 0.986. The third kappa shape index (κ3) is 4.69. The molecule has 0 radical (unpaired) electrons. The molecule has 0 rings (SSSR count). The van der Waals surface area contributed by atoms with Gasteiger partial charge < -0.3 is 10.8 Å². The fraction of sp³-hybridized carbons (Fsp3) is 0.500. The number of carbonyl (C=O) groups is 1. The van der Waals surface area contributed by atoms with E-state index in [0.29, 0.717) is 5.75 Å². The Bertz CT molecular complexity index is 181. The highest BCUT2D eigenvalue weighted by Gasteiger charge is 2.13. The van der Waals surface area contributed by atoms with Crippen molar-refractivity contribution < 1.29 is 14.1 Å². The van der Waals surface area contributed by atoms with Gasteiger partial charge in [-0.1, -0.05) is 6.08 Å². The molecule has 3 N–H and O–H groups in total. The van der Waals surface area contributed by atoms with Crippen LogP contribution in [0, 0.1) is 0 Å². The first-order chi connectivity index (χ1) is 5.07. The minimum absolute atomic E-state index is 0.0125. The Balaban J connectivity index is 3.74. The molecule has 0 amide bonds. The lowest BCUT2D eigenvalue weighted by Gasteiger charge is -2.03. The zero-order chi connectivity index (χ0) is 8.85. The van der Waals surface area contributed by atoms with Gasteiger partial charge in [-0.3, -0.25) is 9.00 Å². The van der Waals surface area contributed by atoms with E-state index in [4.69, 9.17) is 10.8 Å². The molecule has 64 valence electrons. The molecule has 0 aliphatic carbocycles. The lowest BCUT2D eigenvalue weighted by Crippen LogP contribution is -2.35. The van der Waals surface area contributed by atoms with Gasteiger partial charge in [-0.05, 0) is 0 Å². The minimum Gasteiger partial charge on any atom is -0.480 e. The van der Waals surface area contributed by atoms with Crippen LogP contribution in [0.15, 0.2) is 12.7 Å². The van der Waals surface area contributed by atoms with Crippen LogP contribution in [0.25, 0.3) is 0 Å². The average Bonchev–Trinajstić information content (AvgIpc) is 1.87. The van der Waals surface area contributed by atoms with Crippen LogP contribution in [0.1, 0.15) is 0 Å². The normalized spacial score (nSPS) is 15.4. The van der Waals surface area contributed by atoms with Crippen LogP contribution in [-0.4, -0.2) is 32.8 Å². The van der Waals surface area contributed by atoms with Gasteiger partial charge >= 0.3 is 5.97 Å². The molecule has 5 heteroatoms. The van der Waals surface area contributed by atoms with Crippen LogP contribution in [-0.2, 0) is 15.6 Å². The summed E-state index contributed by atoms with van der Waals surface area (Å²) in [4.78, 5) is 10.2. The van der Waals surface area contributed by atoms with Gasteiger partial charge in [0.1, 0.15) is 6.04 Å². The van der Waals surface area contributed by atoms with Crippen molar-refractivity contribution in [1.29, 1.82) is 0 Å². The maximum Gasteiger partial charge on any atom is 0.321 e. The van der Waals surface area contributed by atoms with Crippen molar-refractivity contribution in [2.75, 3.05) is 11.5 Å². The average molecular weight is 177 g/mol. The number of aliphatic carboxylic acids is 1. The van der Waals surface area contributed by atoms with E-state index in [9.17, 15) is 9.00 Å². The molecule has 0 aromatic rings. The smallest absolute Gasteiger partial charge is 0.321 e. The molecule has 2 atom stereocenters. The van der Waals surface area contributed by atoms with Crippen LogP contribution >= 0.6 is 0 Å². The molecule has 0 spiro atoms. The Morgan fingerprint density at radius 1 is 1.82 bits per heavy atom. The van der Waals surface area contributed by atoms with E-state index in [1.54, 1.807) is 0 Å². The summed E-state index contributed by atoms with van der Waals surface area (Å²) in [5, 5.41) is 8.31. The standard InChI is InChI=1S/C6H11NO3S/c1-2-3-11(10)4-5(7)6(8)9/h2,5H,1,3-4,7H2,(H,8,9)/t5-,11?/m1/s1. The second-order valence-electron chi connectivity index (χ2n) is 2.01. The first kappa shape index (κ1) is 10.3. The maximum absolute atomic E-state index is 10.9. The molecule has 0 saturated heterocycles. The molecule has 0 aliphatic rings. The highest BCUT2D eigenvalue weighted by Crippen LogP contribution is 1.87. The van der Waals surface area contributed by atoms with E-state index in [-0.39, 0.29) is 5.75 Å². The molecule has 0 bridgehead atoms. The molecular weight excluding hydrogens is 166 g/mol. The van der Waals surface area contributed by atoms with E-state index in [2.05, 4.69) is 6.58 Å². The molecule has 0 saturated carbocycles. The van der Waals surface area contributed by atoms with Crippen LogP contribution in [0.3, 0.4) is 0 Å². The number of rotatable bonds is 5. The Morgan fingerprint density at radius 3 is 2.73 bits per heavy atom. The van der Waals surface area contributed by atoms with Gasteiger partial charge in [-0.15, -0.1) is 6.58 Å². The van der Waals surface area contributed by atoms with E-state index in [1.165, 1.54) is 6.08 Å². The highest BCUT2D eigenvalue weighted by molar-refractivity contribution is 7.85. The predicted molar refractivity (Wildman–Crippen MR) is 43.7 cm³/mol. The van der Waals surface area contributed by atoms with Crippen molar-refractivity contribution >= 4 is 16.8 Å². The SMILES string of the molecule is C=CCS(=O)C[C@@H](N)C(=O)O. The zero-order valence-electron chi connectivity index (χ0n) is 6.03. The van der Waals surface area contributed by atoms with E-state index < -0.39 is 22.8 Å². The molecule has 0 aliphatic heterocycles. The summed E-state index contributed by atoms with van der Waals surface area (Å²) in [6, 6.07) is -1.03. The third-order valence-corrected chi connectivity index (χ3v) is 2.32. The van der Waals surface area contributed by atoms with E-state index >= 15 is 0 Å². The molecular formula is C6H11NO3S. The summed E-state index contributed by atoms with van der Waals surface area (Å²) >= 11 is 0. The summed E-state index contributed by atoms with van der Waals surface area (Å²) in [7, 11) is -1.19. The predicted octanol–water partition coefficient (Wildman–Crippen LogP) is -0.667. The number of hydrogen-bond acceptors (Lipinski definition) is 3. The summed E-state index contributed by atoms with van der Waals surface area (Å²) in [6.45, 7) is 3.37. The zero-order valence-corrected chi connectivity index (χ0v) is 6.84. The second kappa shape index (κ2) is 5.03. The number of hydrogen-bond donors (Lipinski definition) is 2. The second-order valence-corrected chi connectivity index (χ2v) is 3.55. The number of nitrogens with two attached hydrogens (primary N) is 1. The Labute approximate surface area is 67.5 Å². The lowest BCUT2D eigenvalue weighted by molar-refractivity contribution is -0.137. The molecule has 4 nitrogen and oxygen atoms in total. The Hall–Kier alpha value is -0.680. The van der Waals surface area contributed by atoms with Gasteiger partial charge in [-0.2, -0.15) is 0 Å². The largest absolute Gasteiger partial charge is 0.480 e. The topological polar surface area (TPSA) is 80.4 Å². The van der Waals surface area contributed by atoms with Crippen LogP contribution in [0.2, 0.25) is 0 Å². The van der Waals surface area contributed by atoms with Crippen LogP contribution in [0.4, 0.5) is 0 Å². The van der Waals surface area contributed by atoms with Gasteiger partial charge in [0.2, 0.25) is 0 Å². The molecule has 0 heterocycles. The molecule has 0 aromatic carbocycles. The van der Waals surface area contributed by atoms with Crippen molar-refractivity contribution in [3.63, 3.8) is 0 Å². The van der Waals surface area contributed by atoms with Gasteiger partial charge in [0, 0.05) is 22.3 Å². The summed E-state index contributed by atoms with van der Waals surface area (Å²) in [5.41, 5.74) is 5.12. The molecule has 11 heavy (non-hydrogen) atoms. The van der Waals surface area contributed by atoms with Crippen molar-refractivity contribution in [1.82, 2.24) is 0 Å². The van der Waals surface area contributed by atoms with E-state index in [1.807, 2.05) is 0 Å². The summed E-state index contributed by atoms with van der Waals surface area (Å²) in [5.74, 6) is -0.843. The molecule has 1 unspecified atom stereocenters. The fourth-order valence-electron chi connectivity index (χ4n) is 0.471. The Morgan fingerprint density at radius 2 is 2.36 bits per heavy atom. The van der Waals surface area contributed by atoms with Crippen LogP contribution in [0.5, 0.6) is 0 Å². The summed E-state index contributed by atoms with van der Waals surface area (Å²) < 4.78 is 10.9. The quantitative estimate of drug-likeness (QED) is 0.546. The van der Waals surface area contributed by atoms with Crippen molar-refractivity contribution in [2.45, 2.75) is 6.04 Å². The monoisotopic (exact) mass is 177 g/mol. The summed E-state index contributed by atoms with van der Waals surface area (Å²) in [6.07, 6.45) is 1.48. The van der Waals surface area contributed by atoms with Gasteiger partial charge in [-0.25, -0.2) is 0 Å². The fourth-order valence-corrected chi connectivity index (χ4v) is 1.41. The van der Waals surface area contributed by atoms with Crippen molar-refractivity contribution in [3.05, 3.63) is 12.7 Å².